The van der Waals surface area contributed by atoms with Gasteiger partial charge in [0.2, 0.25) is 11.8 Å². The number of nitrogens with zero attached hydrogens (tertiary/aromatic N) is 1. The highest BCUT2D eigenvalue weighted by atomic mass is 19.1. The molecule has 0 radical (unpaired) electrons. The van der Waals surface area contributed by atoms with Gasteiger partial charge in [0.1, 0.15) is 12.4 Å². The zero-order valence-corrected chi connectivity index (χ0v) is 14.1. The maximum Gasteiger partial charge on any atom is 0.240 e. The highest BCUT2D eigenvalue weighted by molar-refractivity contribution is 5.98. The first kappa shape index (κ1) is 17.7. The van der Waals surface area contributed by atoms with Crippen molar-refractivity contribution < 1.29 is 14.0 Å². The highest BCUT2D eigenvalue weighted by Crippen LogP contribution is 2.22. The number of benzene rings is 2. The molecule has 4 nitrogen and oxygen atoms in total. The molecule has 0 unspecified atom stereocenters. The third kappa shape index (κ3) is 4.19. The number of nitrogens with one attached hydrogen (secondary N) is 1. The molecule has 2 rings (SSSR count). The van der Waals surface area contributed by atoms with E-state index in [-0.39, 0.29) is 30.7 Å². The Labute approximate surface area is 141 Å². The smallest absolute Gasteiger partial charge is 0.240 e. The SMILES string of the molecule is CC(=O)N(CC(=O)NCc1ccccc1F)c1cccc(C)c1C. The van der Waals surface area contributed by atoms with Crippen LogP contribution in [0.2, 0.25) is 0 Å². The summed E-state index contributed by atoms with van der Waals surface area (Å²) in [5.74, 6) is -0.921. The molecule has 24 heavy (non-hydrogen) atoms. The molecular formula is C19H21FN2O2. The second-order valence-corrected chi connectivity index (χ2v) is 5.69. The minimum atomic E-state index is -0.365. The Morgan fingerprint density at radius 1 is 1.08 bits per heavy atom. The van der Waals surface area contributed by atoms with E-state index in [1.54, 1.807) is 18.2 Å². The van der Waals surface area contributed by atoms with E-state index in [4.69, 9.17) is 0 Å². The number of amides is 2. The maximum absolute atomic E-state index is 13.6. The van der Waals surface area contributed by atoms with E-state index in [1.807, 2.05) is 32.0 Å². The van der Waals surface area contributed by atoms with Crippen molar-refractivity contribution in [1.29, 1.82) is 0 Å². The van der Waals surface area contributed by atoms with E-state index < -0.39 is 0 Å². The first-order valence-electron chi connectivity index (χ1n) is 7.74. The van der Waals surface area contributed by atoms with Gasteiger partial charge in [-0.1, -0.05) is 30.3 Å². The topological polar surface area (TPSA) is 49.4 Å². The van der Waals surface area contributed by atoms with Gasteiger partial charge in [0.05, 0.1) is 0 Å². The molecule has 0 fully saturated rings. The second kappa shape index (κ2) is 7.73. The lowest BCUT2D eigenvalue weighted by molar-refractivity contribution is -0.123. The lowest BCUT2D eigenvalue weighted by Gasteiger charge is -2.23. The standard InChI is InChI=1S/C19H21FN2O2/c1-13-7-6-10-18(14(13)2)22(15(3)23)12-19(24)21-11-16-8-4-5-9-17(16)20/h4-10H,11-12H2,1-3H3,(H,21,24). The van der Waals surface area contributed by atoms with E-state index in [9.17, 15) is 14.0 Å². The minimum absolute atomic E-state index is 0.0874. The van der Waals surface area contributed by atoms with Crippen LogP contribution in [0.3, 0.4) is 0 Å². The van der Waals surface area contributed by atoms with Crippen LogP contribution in [0, 0.1) is 19.7 Å². The van der Waals surface area contributed by atoms with Gasteiger partial charge in [-0.2, -0.15) is 0 Å². The number of anilines is 1. The number of hydrogen-bond acceptors (Lipinski definition) is 2. The van der Waals surface area contributed by atoms with Crippen LogP contribution in [0.25, 0.3) is 0 Å². The summed E-state index contributed by atoms with van der Waals surface area (Å²) in [5.41, 5.74) is 3.12. The van der Waals surface area contributed by atoms with Crippen molar-refractivity contribution in [2.75, 3.05) is 11.4 Å². The predicted molar refractivity (Wildman–Crippen MR) is 92.2 cm³/mol. The van der Waals surface area contributed by atoms with E-state index in [1.165, 1.54) is 17.9 Å². The molecule has 0 aliphatic carbocycles. The Balaban J connectivity index is 2.08. The molecule has 0 aliphatic heterocycles. The van der Waals surface area contributed by atoms with Gasteiger partial charge in [-0.05, 0) is 37.1 Å². The number of carbonyl (C=O) groups is 2. The maximum atomic E-state index is 13.6. The van der Waals surface area contributed by atoms with Gasteiger partial charge in [0, 0.05) is 24.7 Å². The van der Waals surface area contributed by atoms with Crippen molar-refractivity contribution >= 4 is 17.5 Å². The molecule has 2 aromatic rings. The molecule has 0 bridgehead atoms. The normalized spacial score (nSPS) is 10.3. The molecule has 2 aromatic carbocycles. The molecule has 0 heterocycles. The van der Waals surface area contributed by atoms with Crippen LogP contribution in [0.15, 0.2) is 42.5 Å². The summed E-state index contributed by atoms with van der Waals surface area (Å²) < 4.78 is 13.6. The van der Waals surface area contributed by atoms with Gasteiger partial charge >= 0.3 is 0 Å². The van der Waals surface area contributed by atoms with E-state index in [0.29, 0.717) is 11.3 Å². The van der Waals surface area contributed by atoms with Crippen molar-refractivity contribution in [3.63, 3.8) is 0 Å². The van der Waals surface area contributed by atoms with Gasteiger partial charge in [-0.25, -0.2) is 4.39 Å². The molecule has 5 heteroatoms. The quantitative estimate of drug-likeness (QED) is 0.917. The van der Waals surface area contributed by atoms with Gasteiger partial charge in [0.25, 0.3) is 0 Å². The molecule has 0 saturated heterocycles. The second-order valence-electron chi connectivity index (χ2n) is 5.69. The van der Waals surface area contributed by atoms with Crippen LogP contribution in [-0.2, 0) is 16.1 Å². The van der Waals surface area contributed by atoms with Gasteiger partial charge in [0.15, 0.2) is 0 Å². The number of halogens is 1. The van der Waals surface area contributed by atoms with Crippen LogP contribution < -0.4 is 10.2 Å². The Bertz CT molecular complexity index is 759. The molecule has 126 valence electrons. The fraction of sp³-hybridized carbons (Fsp3) is 0.263. The molecule has 0 spiro atoms. The average Bonchev–Trinajstić information content (AvgIpc) is 2.54. The van der Waals surface area contributed by atoms with Crippen LogP contribution in [-0.4, -0.2) is 18.4 Å². The van der Waals surface area contributed by atoms with Crippen molar-refractivity contribution in [2.24, 2.45) is 0 Å². The summed E-state index contributed by atoms with van der Waals surface area (Å²) in [7, 11) is 0. The molecule has 0 aromatic heterocycles. The van der Waals surface area contributed by atoms with Gasteiger partial charge in [-0.15, -0.1) is 0 Å². The number of rotatable bonds is 5. The van der Waals surface area contributed by atoms with Crippen molar-refractivity contribution in [1.82, 2.24) is 5.32 Å². The van der Waals surface area contributed by atoms with E-state index in [0.717, 1.165) is 11.1 Å². The van der Waals surface area contributed by atoms with Gasteiger partial charge in [-0.3, -0.25) is 9.59 Å². The monoisotopic (exact) mass is 328 g/mol. The minimum Gasteiger partial charge on any atom is -0.350 e. The van der Waals surface area contributed by atoms with Crippen molar-refractivity contribution in [2.45, 2.75) is 27.3 Å². The third-order valence-electron chi connectivity index (χ3n) is 3.98. The Kier molecular flexibility index (Phi) is 5.68. The summed E-state index contributed by atoms with van der Waals surface area (Å²) in [4.78, 5) is 25.6. The molecular weight excluding hydrogens is 307 g/mol. The molecule has 0 saturated carbocycles. The number of carbonyl (C=O) groups excluding carboxylic acids is 2. The fourth-order valence-electron chi connectivity index (χ4n) is 2.43. The lowest BCUT2D eigenvalue weighted by atomic mass is 10.1. The first-order chi connectivity index (χ1) is 11.4. The lowest BCUT2D eigenvalue weighted by Crippen LogP contribution is -2.40. The molecule has 1 N–H and O–H groups in total. The Morgan fingerprint density at radius 2 is 1.79 bits per heavy atom. The number of aryl methyl sites for hydroxylation is 1. The largest absolute Gasteiger partial charge is 0.350 e. The number of hydrogen-bond donors (Lipinski definition) is 1. The van der Waals surface area contributed by atoms with Crippen LogP contribution in [0.5, 0.6) is 0 Å². The molecule has 0 aliphatic rings. The fourth-order valence-corrected chi connectivity index (χ4v) is 2.43. The molecule has 0 atom stereocenters. The van der Waals surface area contributed by atoms with Crippen LogP contribution in [0.4, 0.5) is 10.1 Å². The van der Waals surface area contributed by atoms with E-state index in [2.05, 4.69) is 5.32 Å². The summed E-state index contributed by atoms with van der Waals surface area (Å²) in [5, 5.41) is 2.66. The zero-order valence-electron chi connectivity index (χ0n) is 14.1. The Hall–Kier alpha value is -2.69. The van der Waals surface area contributed by atoms with Crippen molar-refractivity contribution in [3.8, 4) is 0 Å². The highest BCUT2D eigenvalue weighted by Gasteiger charge is 2.18. The van der Waals surface area contributed by atoms with E-state index >= 15 is 0 Å². The summed E-state index contributed by atoms with van der Waals surface area (Å²) in [6, 6.07) is 11.9. The predicted octanol–water partition coefficient (Wildman–Crippen LogP) is 3.11. The third-order valence-corrected chi connectivity index (χ3v) is 3.98. The summed E-state index contributed by atoms with van der Waals surface area (Å²) in [6.07, 6.45) is 0. The summed E-state index contributed by atoms with van der Waals surface area (Å²) in [6.45, 7) is 5.28. The van der Waals surface area contributed by atoms with Crippen LogP contribution >= 0.6 is 0 Å². The summed E-state index contributed by atoms with van der Waals surface area (Å²) >= 11 is 0. The van der Waals surface area contributed by atoms with Crippen LogP contribution in [0.1, 0.15) is 23.6 Å². The first-order valence-corrected chi connectivity index (χ1v) is 7.74. The average molecular weight is 328 g/mol. The van der Waals surface area contributed by atoms with Gasteiger partial charge < -0.3 is 10.2 Å². The zero-order chi connectivity index (χ0) is 17.7. The molecule has 2 amide bonds. The van der Waals surface area contributed by atoms with Crippen molar-refractivity contribution in [3.05, 3.63) is 65.0 Å². The Morgan fingerprint density at radius 3 is 2.46 bits per heavy atom.